The van der Waals surface area contributed by atoms with Crippen LogP contribution in [0.15, 0.2) is 24.8 Å². The van der Waals surface area contributed by atoms with Crippen molar-refractivity contribution in [3.63, 3.8) is 0 Å². The summed E-state index contributed by atoms with van der Waals surface area (Å²) >= 11 is 0. The highest BCUT2D eigenvalue weighted by atomic mass is 16.5. The average Bonchev–Trinajstić information content (AvgIpc) is 3.02. The van der Waals surface area contributed by atoms with Gasteiger partial charge in [0, 0.05) is 32.2 Å². The van der Waals surface area contributed by atoms with Crippen molar-refractivity contribution in [3.05, 3.63) is 24.8 Å². The zero-order valence-electron chi connectivity index (χ0n) is 10.8. The lowest BCUT2D eigenvalue weighted by Gasteiger charge is -2.06. The molecule has 0 aromatic carbocycles. The van der Waals surface area contributed by atoms with Crippen molar-refractivity contribution < 1.29 is 4.74 Å². The first-order chi connectivity index (χ1) is 8.85. The number of hydrogen-bond acceptors (Lipinski definition) is 4. The molecule has 0 aliphatic heterocycles. The normalized spacial score (nSPS) is 10.8. The summed E-state index contributed by atoms with van der Waals surface area (Å²) in [7, 11) is 1.69. The van der Waals surface area contributed by atoms with E-state index in [9.17, 15) is 0 Å². The molecule has 6 heteroatoms. The molecule has 98 valence electrons. The molecular weight excluding hydrogens is 230 g/mol. The summed E-state index contributed by atoms with van der Waals surface area (Å²) in [6.07, 6.45) is 8.59. The minimum atomic E-state index is 0.659. The molecule has 0 atom stereocenters. The lowest BCUT2D eigenvalue weighted by atomic mass is 10.5. The van der Waals surface area contributed by atoms with Gasteiger partial charge in [0.1, 0.15) is 0 Å². The number of aromatic nitrogens is 4. The van der Waals surface area contributed by atoms with E-state index in [2.05, 4.69) is 22.3 Å². The fourth-order valence-corrected chi connectivity index (χ4v) is 1.66. The smallest absolute Gasteiger partial charge is 0.207 e. The Hall–Kier alpha value is -1.82. The van der Waals surface area contributed by atoms with E-state index >= 15 is 0 Å². The van der Waals surface area contributed by atoms with Crippen LogP contribution in [-0.4, -0.2) is 39.6 Å². The maximum Gasteiger partial charge on any atom is 0.207 e. The number of ether oxygens (including phenoxy) is 1. The topological polar surface area (TPSA) is 56.9 Å². The highest BCUT2D eigenvalue weighted by Crippen LogP contribution is 2.13. The largest absolute Gasteiger partial charge is 0.383 e. The second-order valence-electron chi connectivity index (χ2n) is 4.00. The molecule has 0 saturated carbocycles. The number of nitrogens with one attached hydrogen (secondary N) is 1. The van der Waals surface area contributed by atoms with Crippen molar-refractivity contribution in [1.29, 1.82) is 0 Å². The minimum absolute atomic E-state index is 0.659. The number of hydrogen-bond donors (Lipinski definition) is 1. The van der Waals surface area contributed by atoms with Gasteiger partial charge in [0.15, 0.2) is 0 Å². The third kappa shape index (κ3) is 2.89. The summed E-state index contributed by atoms with van der Waals surface area (Å²) in [6.45, 7) is 4.45. The number of anilines is 1. The summed E-state index contributed by atoms with van der Waals surface area (Å²) < 4.78 is 8.89. The van der Waals surface area contributed by atoms with Gasteiger partial charge in [-0.25, -0.2) is 4.98 Å². The van der Waals surface area contributed by atoms with Crippen molar-refractivity contribution in [2.75, 3.05) is 25.6 Å². The van der Waals surface area contributed by atoms with Crippen molar-refractivity contribution in [2.45, 2.75) is 19.9 Å². The number of nitrogens with zero attached hydrogens (tertiary/aromatic N) is 4. The number of imidazole rings is 1. The fourth-order valence-electron chi connectivity index (χ4n) is 1.66. The molecule has 0 amide bonds. The van der Waals surface area contributed by atoms with Crippen LogP contribution in [0.2, 0.25) is 0 Å². The maximum absolute atomic E-state index is 5.03. The standard InChI is InChI=1S/C12H19N5O/c1-3-4-13-12-14-5-6-17(12)11-9-15-16(10-11)7-8-18-2/h5-6,9-10H,3-4,7-8H2,1-2H3,(H,13,14). The molecule has 0 unspecified atom stereocenters. The highest BCUT2D eigenvalue weighted by molar-refractivity contribution is 5.39. The molecule has 2 rings (SSSR count). The lowest BCUT2D eigenvalue weighted by Crippen LogP contribution is -2.06. The average molecular weight is 249 g/mol. The van der Waals surface area contributed by atoms with Crippen LogP contribution in [0, 0.1) is 0 Å². The molecule has 0 fully saturated rings. The first-order valence-corrected chi connectivity index (χ1v) is 6.14. The van der Waals surface area contributed by atoms with Gasteiger partial charge in [-0.05, 0) is 6.42 Å². The first-order valence-electron chi connectivity index (χ1n) is 6.14. The van der Waals surface area contributed by atoms with Crippen LogP contribution >= 0.6 is 0 Å². The van der Waals surface area contributed by atoms with Gasteiger partial charge < -0.3 is 10.1 Å². The van der Waals surface area contributed by atoms with Crippen molar-refractivity contribution in [1.82, 2.24) is 19.3 Å². The molecule has 1 N–H and O–H groups in total. The number of rotatable bonds is 7. The predicted molar refractivity (Wildman–Crippen MR) is 70.0 cm³/mol. The van der Waals surface area contributed by atoms with Crippen LogP contribution in [0.25, 0.3) is 5.69 Å². The van der Waals surface area contributed by atoms with Gasteiger partial charge in [-0.1, -0.05) is 6.92 Å². The van der Waals surface area contributed by atoms with Crippen molar-refractivity contribution in [3.8, 4) is 5.69 Å². The Balaban J connectivity index is 2.10. The fraction of sp³-hybridized carbons (Fsp3) is 0.500. The molecule has 2 aromatic heterocycles. The Morgan fingerprint density at radius 1 is 1.44 bits per heavy atom. The second-order valence-corrected chi connectivity index (χ2v) is 4.00. The van der Waals surface area contributed by atoms with Gasteiger partial charge >= 0.3 is 0 Å². The summed E-state index contributed by atoms with van der Waals surface area (Å²) in [5, 5.41) is 7.58. The van der Waals surface area contributed by atoms with Crippen LogP contribution in [-0.2, 0) is 11.3 Å². The monoisotopic (exact) mass is 249 g/mol. The zero-order chi connectivity index (χ0) is 12.8. The number of methoxy groups -OCH3 is 1. The molecule has 2 aromatic rings. The maximum atomic E-state index is 5.03. The van der Waals surface area contributed by atoms with Gasteiger partial charge in [-0.3, -0.25) is 9.25 Å². The van der Waals surface area contributed by atoms with Gasteiger partial charge in [-0.2, -0.15) is 5.10 Å². The molecule has 0 aliphatic carbocycles. The lowest BCUT2D eigenvalue weighted by molar-refractivity contribution is 0.183. The Morgan fingerprint density at radius 3 is 3.11 bits per heavy atom. The van der Waals surface area contributed by atoms with Gasteiger partial charge in [-0.15, -0.1) is 0 Å². The van der Waals surface area contributed by atoms with E-state index in [-0.39, 0.29) is 0 Å². The third-order valence-electron chi connectivity index (χ3n) is 2.60. The summed E-state index contributed by atoms with van der Waals surface area (Å²) in [6, 6.07) is 0. The molecular formula is C12H19N5O. The SMILES string of the molecule is CCCNc1nccn1-c1cnn(CCOC)c1. The quantitative estimate of drug-likeness (QED) is 0.808. The summed E-state index contributed by atoms with van der Waals surface area (Å²) in [5.74, 6) is 0.850. The predicted octanol–water partition coefficient (Wildman–Crippen LogP) is 1.54. The van der Waals surface area contributed by atoms with E-state index in [1.807, 2.05) is 27.8 Å². The van der Waals surface area contributed by atoms with Gasteiger partial charge in [0.25, 0.3) is 0 Å². The summed E-state index contributed by atoms with van der Waals surface area (Å²) in [5.41, 5.74) is 1.00. The van der Waals surface area contributed by atoms with E-state index in [1.54, 1.807) is 13.3 Å². The Bertz CT molecular complexity index is 476. The van der Waals surface area contributed by atoms with Crippen LogP contribution in [0.1, 0.15) is 13.3 Å². The van der Waals surface area contributed by atoms with Crippen LogP contribution in [0.5, 0.6) is 0 Å². The summed E-state index contributed by atoms with van der Waals surface area (Å²) in [4.78, 5) is 4.29. The molecule has 2 heterocycles. The van der Waals surface area contributed by atoms with E-state index in [4.69, 9.17) is 4.74 Å². The molecule has 0 radical (unpaired) electrons. The Labute approximate surface area is 107 Å². The van der Waals surface area contributed by atoms with Crippen molar-refractivity contribution in [2.24, 2.45) is 0 Å². The highest BCUT2D eigenvalue weighted by Gasteiger charge is 2.06. The zero-order valence-corrected chi connectivity index (χ0v) is 10.8. The molecule has 0 bridgehead atoms. The third-order valence-corrected chi connectivity index (χ3v) is 2.60. The van der Waals surface area contributed by atoms with E-state index in [0.29, 0.717) is 6.61 Å². The molecule has 18 heavy (non-hydrogen) atoms. The van der Waals surface area contributed by atoms with Crippen LogP contribution in [0.3, 0.4) is 0 Å². The van der Waals surface area contributed by atoms with Crippen LogP contribution in [0.4, 0.5) is 5.95 Å². The Morgan fingerprint density at radius 2 is 2.33 bits per heavy atom. The Kier molecular flexibility index (Phi) is 4.35. The van der Waals surface area contributed by atoms with E-state index < -0.39 is 0 Å². The van der Waals surface area contributed by atoms with E-state index in [0.717, 1.165) is 31.1 Å². The van der Waals surface area contributed by atoms with Gasteiger partial charge in [0.05, 0.1) is 25.0 Å². The van der Waals surface area contributed by atoms with Gasteiger partial charge in [0.2, 0.25) is 5.95 Å². The van der Waals surface area contributed by atoms with Crippen molar-refractivity contribution >= 4 is 5.95 Å². The molecule has 0 saturated heterocycles. The first kappa shape index (κ1) is 12.6. The van der Waals surface area contributed by atoms with Crippen LogP contribution < -0.4 is 5.32 Å². The molecule has 0 spiro atoms. The molecule has 6 nitrogen and oxygen atoms in total. The molecule has 0 aliphatic rings. The van der Waals surface area contributed by atoms with E-state index in [1.165, 1.54) is 0 Å². The minimum Gasteiger partial charge on any atom is -0.383 e. The second kappa shape index (κ2) is 6.20.